The summed E-state index contributed by atoms with van der Waals surface area (Å²) >= 11 is 0. The molecule has 1 fully saturated rings. The highest BCUT2D eigenvalue weighted by molar-refractivity contribution is 14.0. The second-order valence-corrected chi connectivity index (χ2v) is 5.02. The maximum Gasteiger partial charge on any atom is 0.324 e. The molecule has 1 rings (SSSR count). The number of rotatable bonds is 6. The molecule has 122 valence electrons. The van der Waals surface area contributed by atoms with Crippen LogP contribution in [0.1, 0.15) is 13.8 Å². The van der Waals surface area contributed by atoms with Crippen LogP contribution in [-0.2, 0) is 9.53 Å². The predicted octanol–water partition coefficient (Wildman–Crippen LogP) is -0.254. The average molecular weight is 413 g/mol. The van der Waals surface area contributed by atoms with Gasteiger partial charge in [0, 0.05) is 33.8 Å². The van der Waals surface area contributed by atoms with E-state index in [0.29, 0.717) is 25.6 Å². The van der Waals surface area contributed by atoms with Crippen LogP contribution in [0.25, 0.3) is 0 Å². The first-order chi connectivity index (χ1) is 9.39. The second-order valence-electron chi connectivity index (χ2n) is 5.02. The summed E-state index contributed by atoms with van der Waals surface area (Å²) in [6.45, 7) is 5.33. The minimum absolute atomic E-state index is 0. The zero-order chi connectivity index (χ0) is 15.2. The lowest BCUT2D eigenvalue weighted by Gasteiger charge is -2.24. The van der Waals surface area contributed by atoms with Gasteiger partial charge in [0.25, 0.3) is 0 Å². The Labute approximate surface area is 142 Å². The van der Waals surface area contributed by atoms with Crippen molar-refractivity contribution in [1.82, 2.24) is 20.9 Å². The van der Waals surface area contributed by atoms with Gasteiger partial charge in [0.1, 0.15) is 0 Å². The molecule has 3 amide bonds. The molecule has 0 unspecified atom stereocenters. The van der Waals surface area contributed by atoms with Crippen molar-refractivity contribution >= 4 is 41.9 Å². The lowest BCUT2D eigenvalue weighted by atomic mass is 10.1. The predicted molar refractivity (Wildman–Crippen MR) is 91.0 cm³/mol. The zero-order valence-electron chi connectivity index (χ0n) is 12.9. The van der Waals surface area contributed by atoms with Crippen molar-refractivity contribution < 1.29 is 14.3 Å². The second kappa shape index (κ2) is 9.03. The number of hydrogen-bond donors (Lipinski definition) is 3. The largest absolute Gasteiger partial charge is 0.377 e. The number of hydrogen-bond acceptors (Lipinski definition) is 4. The zero-order valence-corrected chi connectivity index (χ0v) is 15.2. The summed E-state index contributed by atoms with van der Waals surface area (Å²) in [5.74, 6) is 0.391. The number of guanidine groups is 1. The first-order valence-corrected chi connectivity index (χ1v) is 6.47. The molecule has 0 aromatic carbocycles. The minimum Gasteiger partial charge on any atom is -0.377 e. The number of amides is 3. The van der Waals surface area contributed by atoms with Gasteiger partial charge in [-0.2, -0.15) is 0 Å². The van der Waals surface area contributed by atoms with Gasteiger partial charge in [0.05, 0.1) is 12.1 Å². The molecule has 9 heteroatoms. The summed E-state index contributed by atoms with van der Waals surface area (Å²) in [4.78, 5) is 28.0. The molecule has 3 N–H and O–H groups in total. The lowest BCUT2D eigenvalue weighted by molar-refractivity contribution is -0.124. The molecule has 0 atom stereocenters. The van der Waals surface area contributed by atoms with Crippen LogP contribution in [0.4, 0.5) is 4.79 Å². The third-order valence-corrected chi connectivity index (χ3v) is 3.02. The highest BCUT2D eigenvalue weighted by atomic mass is 127. The Morgan fingerprint density at radius 3 is 2.57 bits per heavy atom. The first kappa shape index (κ1) is 19.9. The molecule has 0 aromatic rings. The molecule has 0 spiro atoms. The van der Waals surface area contributed by atoms with Crippen molar-refractivity contribution in [2.75, 3.05) is 40.3 Å². The van der Waals surface area contributed by atoms with Crippen LogP contribution in [0.5, 0.6) is 0 Å². The van der Waals surface area contributed by atoms with Crippen LogP contribution in [0.15, 0.2) is 4.99 Å². The van der Waals surface area contributed by atoms with Gasteiger partial charge in [0.15, 0.2) is 5.96 Å². The summed E-state index contributed by atoms with van der Waals surface area (Å²) in [7, 11) is 3.30. The van der Waals surface area contributed by atoms with E-state index in [1.807, 2.05) is 13.8 Å². The third kappa shape index (κ3) is 6.46. The SMILES string of the molecule is CN=C(NCCN1C(=O)CNC1=O)NCC(C)(C)OC.I. The van der Waals surface area contributed by atoms with Crippen molar-refractivity contribution in [1.29, 1.82) is 0 Å². The van der Waals surface area contributed by atoms with Crippen molar-refractivity contribution in [2.24, 2.45) is 4.99 Å². The van der Waals surface area contributed by atoms with Gasteiger partial charge < -0.3 is 20.7 Å². The summed E-state index contributed by atoms with van der Waals surface area (Å²) in [6, 6.07) is -0.347. The number of carbonyl (C=O) groups is 2. The van der Waals surface area contributed by atoms with Crippen LogP contribution >= 0.6 is 24.0 Å². The molecular weight excluding hydrogens is 389 g/mol. The van der Waals surface area contributed by atoms with Crippen molar-refractivity contribution in [3.05, 3.63) is 0 Å². The van der Waals surface area contributed by atoms with Gasteiger partial charge in [-0.05, 0) is 13.8 Å². The fourth-order valence-corrected chi connectivity index (χ4v) is 1.56. The lowest BCUT2D eigenvalue weighted by Crippen LogP contribution is -2.47. The summed E-state index contributed by atoms with van der Waals surface area (Å²) in [6.07, 6.45) is 0. The standard InChI is InChI=1S/C12H23N5O3.HI/c1-12(2,20-4)8-16-10(13-3)14-5-6-17-9(18)7-15-11(17)19;/h5-8H2,1-4H3,(H,15,19)(H2,13,14,16);1H. The Hall–Kier alpha value is -1.10. The van der Waals surface area contributed by atoms with Gasteiger partial charge in [-0.1, -0.05) is 0 Å². The number of halogens is 1. The molecule has 1 saturated heterocycles. The number of imide groups is 1. The number of nitrogens with zero attached hydrogens (tertiary/aromatic N) is 2. The van der Waals surface area contributed by atoms with Crippen LogP contribution in [-0.4, -0.2) is 68.7 Å². The van der Waals surface area contributed by atoms with Gasteiger partial charge >= 0.3 is 6.03 Å². The van der Waals surface area contributed by atoms with E-state index in [-0.39, 0.29) is 48.1 Å². The molecule has 0 aromatic heterocycles. The van der Waals surface area contributed by atoms with E-state index in [9.17, 15) is 9.59 Å². The van der Waals surface area contributed by atoms with E-state index in [1.54, 1.807) is 14.2 Å². The van der Waals surface area contributed by atoms with E-state index < -0.39 is 0 Å². The third-order valence-electron chi connectivity index (χ3n) is 3.02. The number of aliphatic imine (C=N–C) groups is 1. The van der Waals surface area contributed by atoms with E-state index in [4.69, 9.17) is 4.74 Å². The van der Waals surface area contributed by atoms with Gasteiger partial charge in [-0.15, -0.1) is 24.0 Å². The monoisotopic (exact) mass is 413 g/mol. The number of carbonyl (C=O) groups excluding carboxylic acids is 2. The number of nitrogens with one attached hydrogen (secondary N) is 3. The Balaban J connectivity index is 0.00000400. The molecule has 0 radical (unpaired) electrons. The maximum atomic E-state index is 11.4. The number of urea groups is 1. The molecule has 0 saturated carbocycles. The number of ether oxygens (including phenoxy) is 1. The molecule has 21 heavy (non-hydrogen) atoms. The highest BCUT2D eigenvalue weighted by Crippen LogP contribution is 2.04. The van der Waals surface area contributed by atoms with E-state index >= 15 is 0 Å². The Morgan fingerprint density at radius 1 is 1.43 bits per heavy atom. The fraction of sp³-hybridized carbons (Fsp3) is 0.750. The molecule has 1 heterocycles. The smallest absolute Gasteiger partial charge is 0.324 e. The van der Waals surface area contributed by atoms with E-state index in [1.165, 1.54) is 4.90 Å². The Kier molecular flexibility index (Phi) is 8.55. The van der Waals surface area contributed by atoms with Gasteiger partial charge in [-0.25, -0.2) is 4.79 Å². The van der Waals surface area contributed by atoms with Gasteiger partial charge in [0.2, 0.25) is 5.91 Å². The Bertz CT molecular complexity index is 384. The number of methoxy groups -OCH3 is 1. The molecule has 1 aliphatic rings. The highest BCUT2D eigenvalue weighted by Gasteiger charge is 2.27. The fourth-order valence-electron chi connectivity index (χ4n) is 1.56. The molecular formula is C12H24IN5O3. The van der Waals surface area contributed by atoms with E-state index in [2.05, 4.69) is 20.9 Å². The Morgan fingerprint density at radius 2 is 2.10 bits per heavy atom. The van der Waals surface area contributed by atoms with Crippen molar-refractivity contribution in [2.45, 2.75) is 19.4 Å². The molecule has 1 aliphatic heterocycles. The van der Waals surface area contributed by atoms with Crippen LogP contribution in [0.2, 0.25) is 0 Å². The normalized spacial score (nSPS) is 15.6. The quantitative estimate of drug-likeness (QED) is 0.242. The van der Waals surface area contributed by atoms with Gasteiger partial charge in [-0.3, -0.25) is 14.7 Å². The molecule has 0 bridgehead atoms. The van der Waals surface area contributed by atoms with Crippen molar-refractivity contribution in [3.63, 3.8) is 0 Å². The molecule has 0 aliphatic carbocycles. The summed E-state index contributed by atoms with van der Waals surface area (Å²) in [5.41, 5.74) is -0.303. The minimum atomic E-state index is -0.347. The topological polar surface area (TPSA) is 95.1 Å². The van der Waals surface area contributed by atoms with Crippen LogP contribution in [0.3, 0.4) is 0 Å². The van der Waals surface area contributed by atoms with Crippen LogP contribution < -0.4 is 16.0 Å². The first-order valence-electron chi connectivity index (χ1n) is 6.47. The van der Waals surface area contributed by atoms with Crippen LogP contribution in [0, 0.1) is 0 Å². The average Bonchev–Trinajstić information content (AvgIpc) is 2.74. The summed E-state index contributed by atoms with van der Waals surface area (Å²) < 4.78 is 5.30. The maximum absolute atomic E-state index is 11.4. The summed E-state index contributed by atoms with van der Waals surface area (Å²) in [5, 5.41) is 8.63. The van der Waals surface area contributed by atoms with Crippen molar-refractivity contribution in [3.8, 4) is 0 Å². The molecule has 8 nitrogen and oxygen atoms in total. The van der Waals surface area contributed by atoms with E-state index in [0.717, 1.165) is 0 Å².